The number of likely N-dealkylation sites (N-methyl/N-ethyl adjacent to an activating group) is 1. The maximum Gasteiger partial charge on any atom is 0.573 e. The predicted octanol–water partition coefficient (Wildman–Crippen LogP) is 3.08. The molecular formula is C22H21F4N7O3S. The van der Waals surface area contributed by atoms with Crippen LogP contribution < -0.4 is 15.4 Å². The summed E-state index contributed by atoms with van der Waals surface area (Å²) in [6.07, 6.45) is -2.03. The number of benzene rings is 1. The molecule has 10 nitrogen and oxygen atoms in total. The molecule has 0 spiro atoms. The van der Waals surface area contributed by atoms with Gasteiger partial charge in [-0.15, -0.1) is 23.4 Å². The number of halogens is 4. The normalized spacial score (nSPS) is 14.8. The van der Waals surface area contributed by atoms with E-state index in [9.17, 15) is 27.2 Å². The zero-order valence-electron chi connectivity index (χ0n) is 19.4. The lowest BCUT2D eigenvalue weighted by Crippen LogP contribution is -2.47. The number of piperazine rings is 1. The van der Waals surface area contributed by atoms with Gasteiger partial charge in [-0.3, -0.25) is 24.8 Å². The monoisotopic (exact) mass is 539 g/mol. The van der Waals surface area contributed by atoms with Crippen LogP contribution in [0.1, 0.15) is 10.4 Å². The van der Waals surface area contributed by atoms with Crippen molar-refractivity contribution in [3.05, 3.63) is 48.0 Å². The Balaban J connectivity index is 1.53. The molecule has 1 aliphatic heterocycles. The average molecular weight is 540 g/mol. The fraction of sp³-hybridized carbons (Fsp3) is 0.318. The highest BCUT2D eigenvalue weighted by molar-refractivity contribution is 7.18. The van der Waals surface area contributed by atoms with Crippen LogP contribution in [-0.4, -0.2) is 82.9 Å². The van der Waals surface area contributed by atoms with Crippen molar-refractivity contribution in [1.82, 2.24) is 25.0 Å². The third-order valence-electron chi connectivity index (χ3n) is 5.33. The van der Waals surface area contributed by atoms with Crippen molar-refractivity contribution < 1.29 is 31.9 Å². The number of ether oxygens (including phenoxy) is 1. The number of pyridine rings is 1. The number of carbonyl (C=O) groups excluding carboxylic acids is 2. The molecule has 2 amide bonds. The van der Waals surface area contributed by atoms with E-state index < -0.39 is 41.0 Å². The van der Waals surface area contributed by atoms with Gasteiger partial charge < -0.3 is 15.0 Å². The second-order valence-corrected chi connectivity index (χ2v) is 9.09. The molecular weight excluding hydrogens is 518 g/mol. The summed E-state index contributed by atoms with van der Waals surface area (Å²) >= 11 is 0.992. The molecule has 0 atom stereocenters. The molecule has 1 aromatic carbocycles. The number of amides is 2. The van der Waals surface area contributed by atoms with Crippen molar-refractivity contribution in [2.75, 3.05) is 50.4 Å². The standard InChI is InChI=1S/C22H21F4N7O3S/c1-32-5-7-33(8-6-32)12-18(34)28-16-9-14(15(23)10-17(16)36-22(24,25)26)19(35)29-21-31-30-20(37-21)13-3-2-4-27-11-13/h2-4,9-11H,5-8,12H2,1H3,(H,28,34)(H,29,31,35). The van der Waals surface area contributed by atoms with Gasteiger partial charge in [0.15, 0.2) is 10.8 Å². The second kappa shape index (κ2) is 11.1. The number of nitrogens with one attached hydrogen (secondary N) is 2. The number of alkyl halides is 3. The molecule has 2 aromatic heterocycles. The zero-order chi connectivity index (χ0) is 26.6. The van der Waals surface area contributed by atoms with Crippen LogP contribution in [0.2, 0.25) is 0 Å². The molecule has 1 aliphatic rings. The first-order chi connectivity index (χ1) is 17.6. The summed E-state index contributed by atoms with van der Waals surface area (Å²) in [5.74, 6) is -3.91. The van der Waals surface area contributed by atoms with Gasteiger partial charge in [0.2, 0.25) is 11.0 Å². The number of hydrogen-bond donors (Lipinski definition) is 2. The Labute approximate surface area is 212 Å². The SMILES string of the molecule is CN1CCN(CC(=O)Nc2cc(C(=O)Nc3nnc(-c4cccnc4)s3)c(F)cc2OC(F)(F)F)CC1. The first kappa shape index (κ1) is 26.4. The van der Waals surface area contributed by atoms with E-state index in [1.54, 1.807) is 24.5 Å². The molecule has 37 heavy (non-hydrogen) atoms. The molecule has 0 radical (unpaired) electrons. The summed E-state index contributed by atoms with van der Waals surface area (Å²) in [6, 6.07) is 4.61. The van der Waals surface area contributed by atoms with E-state index in [4.69, 9.17) is 0 Å². The summed E-state index contributed by atoms with van der Waals surface area (Å²) in [6.45, 7) is 2.54. The van der Waals surface area contributed by atoms with Crippen molar-refractivity contribution in [1.29, 1.82) is 0 Å². The summed E-state index contributed by atoms with van der Waals surface area (Å²) in [4.78, 5) is 33.2. The van der Waals surface area contributed by atoms with Crippen LogP contribution in [0, 0.1) is 5.82 Å². The van der Waals surface area contributed by atoms with E-state index in [1.807, 2.05) is 11.9 Å². The Hall–Kier alpha value is -3.69. The van der Waals surface area contributed by atoms with Crippen LogP contribution in [0.25, 0.3) is 10.6 Å². The maximum absolute atomic E-state index is 14.7. The van der Waals surface area contributed by atoms with E-state index in [-0.39, 0.29) is 11.7 Å². The summed E-state index contributed by atoms with van der Waals surface area (Å²) in [7, 11) is 1.94. The third kappa shape index (κ3) is 7.18. The summed E-state index contributed by atoms with van der Waals surface area (Å²) < 4.78 is 57.4. The van der Waals surface area contributed by atoms with E-state index in [0.717, 1.165) is 30.5 Å². The molecule has 3 heterocycles. The fourth-order valence-corrected chi connectivity index (χ4v) is 4.21. The highest BCUT2D eigenvalue weighted by atomic mass is 32.1. The number of anilines is 2. The number of rotatable bonds is 7. The number of aromatic nitrogens is 3. The molecule has 0 aliphatic carbocycles. The third-order valence-corrected chi connectivity index (χ3v) is 6.22. The Morgan fingerprint density at radius 2 is 1.89 bits per heavy atom. The van der Waals surface area contributed by atoms with Crippen molar-refractivity contribution >= 4 is 34.0 Å². The van der Waals surface area contributed by atoms with Gasteiger partial charge in [-0.2, -0.15) is 0 Å². The number of hydrogen-bond acceptors (Lipinski definition) is 9. The zero-order valence-corrected chi connectivity index (χ0v) is 20.2. The molecule has 3 aromatic rings. The molecule has 15 heteroatoms. The van der Waals surface area contributed by atoms with Crippen molar-refractivity contribution in [2.45, 2.75) is 6.36 Å². The topological polar surface area (TPSA) is 113 Å². The van der Waals surface area contributed by atoms with Gasteiger partial charge in [-0.05, 0) is 25.2 Å². The lowest BCUT2D eigenvalue weighted by Gasteiger charge is -2.31. The molecule has 0 unspecified atom stereocenters. The highest BCUT2D eigenvalue weighted by Crippen LogP contribution is 2.33. The van der Waals surface area contributed by atoms with Crippen molar-refractivity contribution in [3.63, 3.8) is 0 Å². The minimum absolute atomic E-state index is 0.0273. The largest absolute Gasteiger partial charge is 0.573 e. The Morgan fingerprint density at radius 1 is 1.14 bits per heavy atom. The van der Waals surface area contributed by atoms with Gasteiger partial charge in [0.1, 0.15) is 5.82 Å². The highest BCUT2D eigenvalue weighted by Gasteiger charge is 2.33. The van der Waals surface area contributed by atoms with E-state index in [1.165, 1.54) is 0 Å². The molecule has 2 N–H and O–H groups in total. The molecule has 1 fully saturated rings. The van der Waals surface area contributed by atoms with Crippen LogP contribution in [0.3, 0.4) is 0 Å². The Kier molecular flexibility index (Phi) is 7.94. The van der Waals surface area contributed by atoms with Crippen LogP contribution in [0.15, 0.2) is 36.7 Å². The van der Waals surface area contributed by atoms with Crippen molar-refractivity contribution in [2.24, 2.45) is 0 Å². The van der Waals surface area contributed by atoms with Crippen LogP contribution in [0.4, 0.5) is 28.4 Å². The summed E-state index contributed by atoms with van der Waals surface area (Å²) in [5, 5.41) is 12.9. The maximum atomic E-state index is 14.7. The molecule has 196 valence electrons. The lowest BCUT2D eigenvalue weighted by atomic mass is 10.1. The quantitative estimate of drug-likeness (QED) is 0.441. The van der Waals surface area contributed by atoms with Gasteiger partial charge in [-0.1, -0.05) is 11.3 Å². The second-order valence-electron chi connectivity index (χ2n) is 8.11. The van der Waals surface area contributed by atoms with Gasteiger partial charge in [0.25, 0.3) is 5.91 Å². The fourth-order valence-electron chi connectivity index (χ4n) is 3.48. The van der Waals surface area contributed by atoms with Crippen LogP contribution in [-0.2, 0) is 4.79 Å². The van der Waals surface area contributed by atoms with Crippen molar-refractivity contribution in [3.8, 4) is 16.3 Å². The van der Waals surface area contributed by atoms with Crippen LogP contribution >= 0.6 is 11.3 Å². The minimum atomic E-state index is -5.15. The van der Waals surface area contributed by atoms with Crippen LogP contribution in [0.5, 0.6) is 5.75 Å². The summed E-state index contributed by atoms with van der Waals surface area (Å²) in [5.41, 5.74) is -0.482. The van der Waals surface area contributed by atoms with E-state index in [2.05, 4.69) is 35.5 Å². The van der Waals surface area contributed by atoms with E-state index >= 15 is 0 Å². The lowest BCUT2D eigenvalue weighted by molar-refractivity contribution is -0.274. The molecule has 4 rings (SSSR count). The van der Waals surface area contributed by atoms with Gasteiger partial charge in [-0.25, -0.2) is 4.39 Å². The van der Waals surface area contributed by atoms with Gasteiger partial charge in [0.05, 0.1) is 17.8 Å². The average Bonchev–Trinajstić information content (AvgIpc) is 3.30. The van der Waals surface area contributed by atoms with E-state index in [0.29, 0.717) is 29.7 Å². The Bertz CT molecular complexity index is 1260. The minimum Gasteiger partial charge on any atom is -0.403 e. The molecule has 0 bridgehead atoms. The molecule has 1 saturated heterocycles. The Morgan fingerprint density at radius 3 is 2.57 bits per heavy atom. The number of nitrogens with zero attached hydrogens (tertiary/aromatic N) is 5. The van der Waals surface area contributed by atoms with Gasteiger partial charge in [0, 0.05) is 50.2 Å². The predicted molar refractivity (Wildman–Crippen MR) is 127 cm³/mol. The number of carbonyl (C=O) groups is 2. The first-order valence-corrected chi connectivity index (χ1v) is 11.7. The molecule has 0 saturated carbocycles. The van der Waals surface area contributed by atoms with Gasteiger partial charge >= 0.3 is 6.36 Å². The first-order valence-electron chi connectivity index (χ1n) is 10.9. The smallest absolute Gasteiger partial charge is 0.403 e.